The summed E-state index contributed by atoms with van der Waals surface area (Å²) in [4.78, 5) is 22.9. The van der Waals surface area contributed by atoms with Gasteiger partial charge < -0.3 is 16.0 Å². The minimum absolute atomic E-state index is 0.0345. The Balaban J connectivity index is 2.56. The van der Waals surface area contributed by atoms with Gasteiger partial charge in [-0.15, -0.1) is 0 Å². The molecule has 1 aromatic carbocycles. The van der Waals surface area contributed by atoms with Crippen molar-refractivity contribution in [2.75, 3.05) is 11.9 Å². The van der Waals surface area contributed by atoms with Crippen LogP contribution in [0.5, 0.6) is 0 Å². The molecule has 116 valence electrons. The summed E-state index contributed by atoms with van der Waals surface area (Å²) in [6, 6.07) is 7.70. The van der Waals surface area contributed by atoms with Gasteiger partial charge in [0, 0.05) is 18.7 Å². The Labute approximate surface area is 126 Å². The third kappa shape index (κ3) is 6.40. The highest BCUT2D eigenvalue weighted by molar-refractivity contribution is 5.88. The minimum atomic E-state index is -0.110. The molecule has 5 heteroatoms. The van der Waals surface area contributed by atoms with Gasteiger partial charge in [-0.25, -0.2) is 0 Å². The Morgan fingerprint density at radius 1 is 1.24 bits per heavy atom. The largest absolute Gasteiger partial charge is 0.348 e. The lowest BCUT2D eigenvalue weighted by atomic mass is 10.1. The highest BCUT2D eigenvalue weighted by Crippen LogP contribution is 2.17. The van der Waals surface area contributed by atoms with E-state index in [-0.39, 0.29) is 17.9 Å². The fourth-order valence-corrected chi connectivity index (χ4v) is 1.88. The van der Waals surface area contributed by atoms with Crippen LogP contribution in [0.15, 0.2) is 24.3 Å². The standard InChI is InChI=1S/C16H25N3O2/c1-5-11(2)17-10-16(21)18-12(3)14-7-6-8-15(9-14)19-13(4)20/h6-9,11-12,17H,5,10H2,1-4H3,(H,18,21)(H,19,20). The van der Waals surface area contributed by atoms with Gasteiger partial charge >= 0.3 is 0 Å². The smallest absolute Gasteiger partial charge is 0.234 e. The topological polar surface area (TPSA) is 70.2 Å². The van der Waals surface area contributed by atoms with E-state index in [2.05, 4.69) is 22.9 Å². The average Bonchev–Trinajstić information content (AvgIpc) is 2.44. The zero-order valence-electron chi connectivity index (χ0n) is 13.2. The van der Waals surface area contributed by atoms with E-state index in [1.807, 2.05) is 38.1 Å². The van der Waals surface area contributed by atoms with Crippen molar-refractivity contribution in [3.8, 4) is 0 Å². The van der Waals surface area contributed by atoms with E-state index in [4.69, 9.17) is 0 Å². The molecular formula is C16H25N3O2. The molecule has 2 atom stereocenters. The second kappa shape index (κ2) is 8.42. The van der Waals surface area contributed by atoms with Gasteiger partial charge in [-0.3, -0.25) is 9.59 Å². The fraction of sp³-hybridized carbons (Fsp3) is 0.500. The summed E-state index contributed by atoms with van der Waals surface area (Å²) in [5, 5.41) is 8.84. The van der Waals surface area contributed by atoms with Gasteiger partial charge in [0.1, 0.15) is 0 Å². The molecular weight excluding hydrogens is 266 g/mol. The van der Waals surface area contributed by atoms with E-state index in [9.17, 15) is 9.59 Å². The van der Waals surface area contributed by atoms with E-state index in [0.717, 1.165) is 17.7 Å². The molecule has 5 nitrogen and oxygen atoms in total. The lowest BCUT2D eigenvalue weighted by Gasteiger charge is -2.17. The molecule has 0 aliphatic carbocycles. The van der Waals surface area contributed by atoms with Crippen LogP contribution < -0.4 is 16.0 Å². The SMILES string of the molecule is CCC(C)NCC(=O)NC(C)c1cccc(NC(C)=O)c1. The molecule has 0 saturated heterocycles. The molecule has 0 aromatic heterocycles. The zero-order chi connectivity index (χ0) is 15.8. The number of rotatable bonds is 7. The highest BCUT2D eigenvalue weighted by Gasteiger charge is 2.10. The van der Waals surface area contributed by atoms with Crippen LogP contribution in [0.4, 0.5) is 5.69 Å². The third-order valence-electron chi connectivity index (χ3n) is 3.31. The summed E-state index contributed by atoms with van der Waals surface area (Å²) in [7, 11) is 0. The monoisotopic (exact) mass is 291 g/mol. The minimum Gasteiger partial charge on any atom is -0.348 e. The molecule has 0 aliphatic rings. The summed E-state index contributed by atoms with van der Waals surface area (Å²) in [6.07, 6.45) is 0.988. The maximum Gasteiger partial charge on any atom is 0.234 e. The predicted molar refractivity (Wildman–Crippen MR) is 85.1 cm³/mol. The van der Waals surface area contributed by atoms with E-state index >= 15 is 0 Å². The summed E-state index contributed by atoms with van der Waals surface area (Å²) >= 11 is 0. The lowest BCUT2D eigenvalue weighted by Crippen LogP contribution is -2.38. The van der Waals surface area contributed by atoms with Crippen LogP contribution in [0.3, 0.4) is 0 Å². The van der Waals surface area contributed by atoms with Crippen LogP contribution in [-0.2, 0) is 9.59 Å². The molecule has 21 heavy (non-hydrogen) atoms. The van der Waals surface area contributed by atoms with E-state index in [1.165, 1.54) is 6.92 Å². The molecule has 2 amide bonds. The van der Waals surface area contributed by atoms with E-state index in [1.54, 1.807) is 0 Å². The first-order valence-corrected chi connectivity index (χ1v) is 7.32. The van der Waals surface area contributed by atoms with Crippen LogP contribution in [0.2, 0.25) is 0 Å². The zero-order valence-corrected chi connectivity index (χ0v) is 13.2. The number of anilines is 1. The van der Waals surface area contributed by atoms with Gasteiger partial charge in [0.2, 0.25) is 11.8 Å². The molecule has 1 aromatic rings. The van der Waals surface area contributed by atoms with Crippen molar-refractivity contribution in [2.45, 2.75) is 46.2 Å². The van der Waals surface area contributed by atoms with Gasteiger partial charge in [0.05, 0.1) is 12.6 Å². The van der Waals surface area contributed by atoms with Crippen molar-refractivity contribution < 1.29 is 9.59 Å². The van der Waals surface area contributed by atoms with Crippen molar-refractivity contribution in [3.63, 3.8) is 0 Å². The molecule has 3 N–H and O–H groups in total. The van der Waals surface area contributed by atoms with Gasteiger partial charge in [-0.1, -0.05) is 19.1 Å². The quantitative estimate of drug-likeness (QED) is 0.721. The fourth-order valence-electron chi connectivity index (χ4n) is 1.88. The molecule has 0 fully saturated rings. The first-order chi connectivity index (χ1) is 9.92. The highest BCUT2D eigenvalue weighted by atomic mass is 16.2. The Hall–Kier alpha value is -1.88. The van der Waals surface area contributed by atoms with Gasteiger partial charge in [-0.2, -0.15) is 0 Å². The summed E-state index contributed by atoms with van der Waals surface area (Å²) in [6.45, 7) is 7.83. The van der Waals surface area contributed by atoms with Crippen LogP contribution in [0.25, 0.3) is 0 Å². The number of benzene rings is 1. The molecule has 0 bridgehead atoms. The molecule has 2 unspecified atom stereocenters. The predicted octanol–water partition coefficient (Wildman–Crippen LogP) is 2.21. The molecule has 1 rings (SSSR count). The third-order valence-corrected chi connectivity index (χ3v) is 3.31. The lowest BCUT2D eigenvalue weighted by molar-refractivity contribution is -0.121. The van der Waals surface area contributed by atoms with Crippen LogP contribution in [0, 0.1) is 0 Å². The number of hydrogen-bond donors (Lipinski definition) is 3. The molecule has 0 heterocycles. The Bertz CT molecular complexity index is 488. The Morgan fingerprint density at radius 2 is 1.95 bits per heavy atom. The summed E-state index contributed by atoms with van der Waals surface area (Å²) < 4.78 is 0. The molecule has 0 radical (unpaired) electrons. The molecule has 0 aliphatic heterocycles. The Kier molecular flexibility index (Phi) is 6.88. The summed E-state index contributed by atoms with van der Waals surface area (Å²) in [5.41, 5.74) is 1.69. The number of carbonyl (C=O) groups excluding carboxylic acids is 2. The maximum absolute atomic E-state index is 11.9. The first kappa shape index (κ1) is 17.2. The van der Waals surface area contributed by atoms with Crippen molar-refractivity contribution in [2.24, 2.45) is 0 Å². The number of nitrogens with one attached hydrogen (secondary N) is 3. The van der Waals surface area contributed by atoms with Crippen molar-refractivity contribution in [1.82, 2.24) is 10.6 Å². The molecule has 0 spiro atoms. The van der Waals surface area contributed by atoms with E-state index in [0.29, 0.717) is 12.6 Å². The first-order valence-electron chi connectivity index (χ1n) is 7.32. The average molecular weight is 291 g/mol. The van der Waals surface area contributed by atoms with E-state index < -0.39 is 0 Å². The number of carbonyl (C=O) groups is 2. The second-order valence-corrected chi connectivity index (χ2v) is 5.29. The van der Waals surface area contributed by atoms with Crippen molar-refractivity contribution in [3.05, 3.63) is 29.8 Å². The van der Waals surface area contributed by atoms with Crippen LogP contribution >= 0.6 is 0 Å². The van der Waals surface area contributed by atoms with Crippen LogP contribution in [0.1, 0.15) is 45.7 Å². The second-order valence-electron chi connectivity index (χ2n) is 5.29. The summed E-state index contributed by atoms with van der Waals surface area (Å²) in [5.74, 6) is -0.144. The normalized spacial score (nSPS) is 13.3. The molecule has 0 saturated carbocycles. The van der Waals surface area contributed by atoms with Crippen molar-refractivity contribution >= 4 is 17.5 Å². The Morgan fingerprint density at radius 3 is 2.57 bits per heavy atom. The van der Waals surface area contributed by atoms with Gasteiger partial charge in [0.15, 0.2) is 0 Å². The van der Waals surface area contributed by atoms with Gasteiger partial charge in [0.25, 0.3) is 0 Å². The number of amides is 2. The van der Waals surface area contributed by atoms with Crippen molar-refractivity contribution in [1.29, 1.82) is 0 Å². The maximum atomic E-state index is 11.9. The van der Waals surface area contributed by atoms with Gasteiger partial charge in [-0.05, 0) is 38.0 Å². The number of hydrogen-bond acceptors (Lipinski definition) is 3. The van der Waals surface area contributed by atoms with Crippen LogP contribution in [-0.4, -0.2) is 24.4 Å².